The Balaban J connectivity index is 2.17. The standard InChI is InChI=1S/C21H18N2O3/c1-14(2)21(24)26-20-17-12-8-7-11-16(17)19(25-3)13-18(20)23-22-15-9-5-4-6-10-15/h4-13H,1H2,2-3H3. The summed E-state index contributed by atoms with van der Waals surface area (Å²) in [5.74, 6) is 0.434. The molecule has 0 aliphatic rings. The zero-order chi connectivity index (χ0) is 18.5. The van der Waals surface area contributed by atoms with Gasteiger partial charge in [0.05, 0.1) is 12.8 Å². The number of fused-ring (bicyclic) bond motifs is 1. The maximum Gasteiger partial charge on any atom is 0.338 e. The fraction of sp³-hybridized carbons (Fsp3) is 0.0952. The fourth-order valence-electron chi connectivity index (χ4n) is 2.44. The van der Waals surface area contributed by atoms with Crippen LogP contribution in [0.1, 0.15) is 6.92 Å². The van der Waals surface area contributed by atoms with Crippen LogP contribution in [0.3, 0.4) is 0 Å². The van der Waals surface area contributed by atoms with E-state index in [9.17, 15) is 4.79 Å². The van der Waals surface area contributed by atoms with E-state index >= 15 is 0 Å². The number of esters is 1. The van der Waals surface area contributed by atoms with Crippen LogP contribution in [-0.2, 0) is 4.79 Å². The van der Waals surface area contributed by atoms with Crippen LogP contribution in [0.2, 0.25) is 0 Å². The quantitative estimate of drug-likeness (QED) is 0.256. The third kappa shape index (κ3) is 3.62. The fourth-order valence-corrected chi connectivity index (χ4v) is 2.44. The van der Waals surface area contributed by atoms with E-state index in [1.165, 1.54) is 0 Å². The van der Waals surface area contributed by atoms with Crippen molar-refractivity contribution in [3.8, 4) is 11.5 Å². The lowest BCUT2D eigenvalue weighted by molar-refractivity contribution is -0.129. The van der Waals surface area contributed by atoms with Gasteiger partial charge in [0.1, 0.15) is 11.4 Å². The van der Waals surface area contributed by atoms with Crippen LogP contribution in [-0.4, -0.2) is 13.1 Å². The van der Waals surface area contributed by atoms with Crippen molar-refractivity contribution in [2.24, 2.45) is 10.2 Å². The Morgan fingerprint density at radius 3 is 2.27 bits per heavy atom. The van der Waals surface area contributed by atoms with E-state index in [1.54, 1.807) is 20.1 Å². The molecule has 0 saturated carbocycles. The summed E-state index contributed by atoms with van der Waals surface area (Å²) < 4.78 is 11.0. The second-order valence-corrected chi connectivity index (χ2v) is 5.68. The Labute approximate surface area is 151 Å². The van der Waals surface area contributed by atoms with Gasteiger partial charge in [-0.25, -0.2) is 4.79 Å². The number of hydrogen-bond donors (Lipinski definition) is 0. The van der Waals surface area contributed by atoms with Crippen molar-refractivity contribution in [1.82, 2.24) is 0 Å². The predicted molar refractivity (Wildman–Crippen MR) is 102 cm³/mol. The van der Waals surface area contributed by atoms with Crippen molar-refractivity contribution in [2.75, 3.05) is 7.11 Å². The number of azo groups is 1. The molecular weight excluding hydrogens is 328 g/mol. The maximum absolute atomic E-state index is 12.1. The molecule has 26 heavy (non-hydrogen) atoms. The molecule has 3 rings (SSSR count). The number of rotatable bonds is 5. The summed E-state index contributed by atoms with van der Waals surface area (Å²) in [5.41, 5.74) is 1.40. The van der Waals surface area contributed by atoms with Gasteiger partial charge in [0.25, 0.3) is 0 Å². The largest absolute Gasteiger partial charge is 0.496 e. The van der Waals surface area contributed by atoms with Crippen LogP contribution >= 0.6 is 0 Å². The van der Waals surface area contributed by atoms with Gasteiger partial charge in [-0.15, -0.1) is 5.11 Å². The Morgan fingerprint density at radius 2 is 1.62 bits per heavy atom. The minimum absolute atomic E-state index is 0.302. The Morgan fingerprint density at radius 1 is 0.962 bits per heavy atom. The molecule has 0 heterocycles. The molecule has 130 valence electrons. The Bertz CT molecular complexity index is 995. The van der Waals surface area contributed by atoms with Crippen LogP contribution in [0.25, 0.3) is 10.8 Å². The lowest BCUT2D eigenvalue weighted by Crippen LogP contribution is -2.08. The topological polar surface area (TPSA) is 60.2 Å². The lowest BCUT2D eigenvalue weighted by atomic mass is 10.1. The molecule has 0 unspecified atom stereocenters. The van der Waals surface area contributed by atoms with Gasteiger partial charge < -0.3 is 9.47 Å². The highest BCUT2D eigenvalue weighted by atomic mass is 16.5. The van der Waals surface area contributed by atoms with Gasteiger partial charge in [-0.05, 0) is 19.1 Å². The van der Waals surface area contributed by atoms with E-state index in [4.69, 9.17) is 9.47 Å². The van der Waals surface area contributed by atoms with E-state index in [1.807, 2.05) is 54.6 Å². The zero-order valence-electron chi connectivity index (χ0n) is 14.6. The minimum Gasteiger partial charge on any atom is -0.496 e. The van der Waals surface area contributed by atoms with Gasteiger partial charge in [0, 0.05) is 22.4 Å². The van der Waals surface area contributed by atoms with E-state index in [0.717, 1.165) is 5.39 Å². The summed E-state index contributed by atoms with van der Waals surface area (Å²) in [6.45, 7) is 5.23. The first-order valence-electron chi connectivity index (χ1n) is 8.04. The summed E-state index contributed by atoms with van der Waals surface area (Å²) in [5, 5.41) is 10.0. The van der Waals surface area contributed by atoms with Crippen LogP contribution in [0.15, 0.2) is 83.0 Å². The number of hydrogen-bond acceptors (Lipinski definition) is 5. The number of benzene rings is 3. The second kappa shape index (κ2) is 7.61. The second-order valence-electron chi connectivity index (χ2n) is 5.68. The summed E-state index contributed by atoms with van der Waals surface area (Å²) in [6, 6.07) is 18.5. The van der Waals surface area contributed by atoms with Gasteiger partial charge in [-0.1, -0.05) is 49.0 Å². The van der Waals surface area contributed by atoms with Crippen LogP contribution in [0.4, 0.5) is 11.4 Å². The van der Waals surface area contributed by atoms with Crippen molar-refractivity contribution in [3.63, 3.8) is 0 Å². The summed E-state index contributed by atoms with van der Waals surface area (Å²) in [7, 11) is 1.58. The molecule has 5 nitrogen and oxygen atoms in total. The highest BCUT2D eigenvalue weighted by Crippen LogP contribution is 2.42. The van der Waals surface area contributed by atoms with Crippen LogP contribution < -0.4 is 9.47 Å². The molecular formula is C21H18N2O3. The molecule has 0 spiro atoms. The summed E-state index contributed by atoms with van der Waals surface area (Å²) in [6.07, 6.45) is 0. The van der Waals surface area contributed by atoms with E-state index in [-0.39, 0.29) is 0 Å². The summed E-state index contributed by atoms with van der Waals surface area (Å²) >= 11 is 0. The van der Waals surface area contributed by atoms with Gasteiger partial charge in [0.2, 0.25) is 0 Å². The van der Waals surface area contributed by atoms with Crippen molar-refractivity contribution in [3.05, 3.63) is 72.8 Å². The van der Waals surface area contributed by atoms with E-state index < -0.39 is 5.97 Å². The van der Waals surface area contributed by atoms with Crippen LogP contribution in [0.5, 0.6) is 11.5 Å². The van der Waals surface area contributed by atoms with Crippen molar-refractivity contribution >= 4 is 28.1 Å². The molecule has 0 radical (unpaired) electrons. The van der Waals surface area contributed by atoms with Crippen molar-refractivity contribution in [1.29, 1.82) is 0 Å². The smallest absolute Gasteiger partial charge is 0.338 e. The first-order chi connectivity index (χ1) is 12.6. The highest BCUT2D eigenvalue weighted by molar-refractivity contribution is 6.00. The SMILES string of the molecule is C=C(C)C(=O)Oc1c(N=Nc2ccccc2)cc(OC)c2ccccc12. The molecule has 0 aromatic heterocycles. The molecule has 0 fully saturated rings. The number of carbonyl (C=O) groups is 1. The number of ether oxygens (including phenoxy) is 2. The zero-order valence-corrected chi connectivity index (χ0v) is 14.6. The Hall–Kier alpha value is -3.47. The first kappa shape index (κ1) is 17.4. The van der Waals surface area contributed by atoms with E-state index in [2.05, 4.69) is 16.8 Å². The molecule has 3 aromatic carbocycles. The molecule has 0 amide bonds. The van der Waals surface area contributed by atoms with Gasteiger partial charge in [-0.3, -0.25) is 0 Å². The molecule has 0 atom stereocenters. The van der Waals surface area contributed by atoms with Gasteiger partial charge >= 0.3 is 5.97 Å². The molecule has 0 saturated heterocycles. The van der Waals surface area contributed by atoms with Gasteiger partial charge in [0.15, 0.2) is 5.75 Å². The summed E-state index contributed by atoms with van der Waals surface area (Å²) in [4.78, 5) is 12.1. The number of carbonyl (C=O) groups excluding carboxylic acids is 1. The lowest BCUT2D eigenvalue weighted by Gasteiger charge is -2.13. The highest BCUT2D eigenvalue weighted by Gasteiger charge is 2.17. The van der Waals surface area contributed by atoms with Crippen LogP contribution in [0, 0.1) is 0 Å². The van der Waals surface area contributed by atoms with Gasteiger partial charge in [-0.2, -0.15) is 5.11 Å². The molecule has 0 aliphatic carbocycles. The molecule has 5 heteroatoms. The van der Waals surface area contributed by atoms with Crippen molar-refractivity contribution in [2.45, 2.75) is 6.92 Å². The molecule has 3 aromatic rings. The number of nitrogens with zero attached hydrogens (tertiary/aromatic N) is 2. The molecule has 0 aliphatic heterocycles. The monoisotopic (exact) mass is 346 g/mol. The maximum atomic E-state index is 12.1. The molecule has 0 N–H and O–H groups in total. The van der Waals surface area contributed by atoms with E-state index in [0.29, 0.717) is 33.8 Å². The Kier molecular flexibility index (Phi) is 5.08. The predicted octanol–water partition coefficient (Wildman–Crippen LogP) is 5.75. The minimum atomic E-state index is -0.517. The third-order valence-electron chi connectivity index (χ3n) is 3.73. The first-order valence-corrected chi connectivity index (χ1v) is 8.04. The number of methoxy groups -OCH3 is 1. The average Bonchev–Trinajstić information content (AvgIpc) is 2.67. The normalized spacial score (nSPS) is 10.8. The van der Waals surface area contributed by atoms with Crippen molar-refractivity contribution < 1.29 is 14.3 Å². The molecule has 0 bridgehead atoms. The third-order valence-corrected chi connectivity index (χ3v) is 3.73. The average molecular weight is 346 g/mol.